The molecule has 2 heterocycles. The lowest BCUT2D eigenvalue weighted by molar-refractivity contribution is -0.127. The molecule has 2 saturated heterocycles. The van der Waals surface area contributed by atoms with Crippen LogP contribution in [0.4, 0.5) is 5.69 Å². The highest BCUT2D eigenvalue weighted by Crippen LogP contribution is 2.41. The van der Waals surface area contributed by atoms with Gasteiger partial charge in [-0.25, -0.2) is 0 Å². The quantitative estimate of drug-likeness (QED) is 0.433. The van der Waals surface area contributed by atoms with E-state index in [1.165, 1.54) is 12.8 Å². The number of carbonyl (C=O) groups is 2. The van der Waals surface area contributed by atoms with Gasteiger partial charge in [0.05, 0.1) is 14.2 Å². The number of piperidine rings is 2. The number of ether oxygens (including phenoxy) is 2. The maximum absolute atomic E-state index is 14.3. The minimum atomic E-state index is -0.927. The number of hydrogen-bond donors (Lipinski definition) is 1. The molecule has 3 fully saturated rings. The number of halogens is 1. The number of amides is 2. The number of methoxy groups -OCH3 is 2. The van der Waals surface area contributed by atoms with E-state index in [4.69, 9.17) is 21.1 Å². The van der Waals surface area contributed by atoms with Crippen LogP contribution in [0.25, 0.3) is 0 Å². The Labute approximate surface area is 236 Å². The number of anilines is 1. The zero-order valence-electron chi connectivity index (χ0n) is 23.1. The Morgan fingerprint density at radius 3 is 2.28 bits per heavy atom. The van der Waals surface area contributed by atoms with Gasteiger partial charge < -0.3 is 24.6 Å². The third-order valence-corrected chi connectivity index (χ3v) is 9.21. The van der Waals surface area contributed by atoms with Gasteiger partial charge in [-0.15, -0.1) is 0 Å². The Morgan fingerprint density at radius 2 is 1.62 bits per heavy atom. The minimum absolute atomic E-state index is 0.0973. The van der Waals surface area contributed by atoms with Gasteiger partial charge in [-0.1, -0.05) is 30.9 Å². The lowest BCUT2D eigenvalue weighted by Gasteiger charge is -2.48. The van der Waals surface area contributed by atoms with E-state index >= 15 is 0 Å². The van der Waals surface area contributed by atoms with Crippen molar-refractivity contribution in [1.82, 2.24) is 9.80 Å². The second kappa shape index (κ2) is 12.2. The fraction of sp³-hybridized carbons (Fsp3) is 0.548. The van der Waals surface area contributed by atoms with Crippen LogP contribution in [0, 0.1) is 5.92 Å². The van der Waals surface area contributed by atoms with Crippen LogP contribution >= 0.6 is 11.6 Å². The van der Waals surface area contributed by atoms with Gasteiger partial charge in [0.2, 0.25) is 5.91 Å². The molecule has 1 N–H and O–H groups in total. The van der Waals surface area contributed by atoms with Crippen molar-refractivity contribution < 1.29 is 19.1 Å². The van der Waals surface area contributed by atoms with Gasteiger partial charge in [-0.3, -0.25) is 9.59 Å². The molecule has 2 amide bonds. The van der Waals surface area contributed by atoms with E-state index in [2.05, 4.69) is 10.2 Å². The van der Waals surface area contributed by atoms with Crippen LogP contribution in [0.15, 0.2) is 42.5 Å². The highest BCUT2D eigenvalue weighted by Gasteiger charge is 2.50. The Bertz CT molecular complexity index is 1140. The van der Waals surface area contributed by atoms with Crippen LogP contribution in [0.1, 0.15) is 68.1 Å². The molecule has 2 aliphatic heterocycles. The van der Waals surface area contributed by atoms with E-state index in [1.54, 1.807) is 56.7 Å². The number of benzene rings is 2. The maximum atomic E-state index is 14.3. The maximum Gasteiger partial charge on any atom is 0.254 e. The first-order chi connectivity index (χ1) is 18.9. The lowest BCUT2D eigenvalue weighted by atomic mass is 9.81. The summed E-state index contributed by atoms with van der Waals surface area (Å²) in [6, 6.07) is 12.9. The summed E-state index contributed by atoms with van der Waals surface area (Å²) in [6.07, 6.45) is 8.93. The number of rotatable bonds is 8. The number of nitrogens with one attached hydrogen (secondary N) is 1. The van der Waals surface area contributed by atoms with Crippen LogP contribution < -0.4 is 14.8 Å². The molecule has 0 spiro atoms. The van der Waals surface area contributed by atoms with Crippen molar-refractivity contribution in [3.63, 3.8) is 0 Å². The minimum Gasteiger partial charge on any atom is -0.497 e. The number of nitrogens with zero attached hydrogens (tertiary/aromatic N) is 2. The first-order valence-corrected chi connectivity index (χ1v) is 14.7. The highest BCUT2D eigenvalue weighted by atomic mass is 35.5. The summed E-state index contributed by atoms with van der Waals surface area (Å²) < 4.78 is 10.8. The van der Waals surface area contributed by atoms with Crippen molar-refractivity contribution in [2.24, 2.45) is 5.92 Å². The van der Waals surface area contributed by atoms with E-state index in [0.29, 0.717) is 59.1 Å². The standard InChI is InChI=1S/C31H40ClN3O4/c1-38-26-18-25(19-27(20-26)39-2)33-30(37)31(14-4-5-15-31)35(29(36)22-10-12-24(32)13-11-22)21-23-8-7-17-34-16-6-3-9-28(23)34/h10-13,18-20,23,28H,3-9,14-17,21H2,1-2H3,(H,33,37)/t23-,28-/m1/s1. The normalized spacial score (nSPS) is 22.5. The second-order valence-corrected chi connectivity index (χ2v) is 11.7. The molecular weight excluding hydrogens is 514 g/mol. The summed E-state index contributed by atoms with van der Waals surface area (Å²) in [7, 11) is 3.17. The van der Waals surface area contributed by atoms with Crippen molar-refractivity contribution >= 4 is 29.1 Å². The van der Waals surface area contributed by atoms with Gasteiger partial charge in [0.15, 0.2) is 0 Å². The van der Waals surface area contributed by atoms with Gasteiger partial charge in [-0.2, -0.15) is 0 Å². The average Bonchev–Trinajstić information content (AvgIpc) is 3.47. The van der Waals surface area contributed by atoms with Crippen molar-refractivity contribution in [2.45, 2.75) is 69.4 Å². The molecule has 2 atom stereocenters. The van der Waals surface area contributed by atoms with Crippen molar-refractivity contribution in [3.05, 3.63) is 53.1 Å². The molecule has 210 valence electrons. The monoisotopic (exact) mass is 553 g/mol. The Kier molecular flexibility index (Phi) is 8.67. The van der Waals surface area contributed by atoms with Crippen LogP contribution in [-0.4, -0.2) is 67.0 Å². The molecule has 0 radical (unpaired) electrons. The van der Waals surface area contributed by atoms with Gasteiger partial charge in [0.1, 0.15) is 17.0 Å². The number of fused-ring (bicyclic) bond motifs is 1. The van der Waals surface area contributed by atoms with E-state index in [0.717, 1.165) is 45.2 Å². The van der Waals surface area contributed by atoms with Gasteiger partial charge in [0.25, 0.3) is 5.91 Å². The molecule has 7 nitrogen and oxygen atoms in total. The van der Waals surface area contributed by atoms with Gasteiger partial charge in [0, 0.05) is 47.1 Å². The number of carbonyl (C=O) groups excluding carboxylic acids is 2. The summed E-state index contributed by atoms with van der Waals surface area (Å²) >= 11 is 6.16. The summed E-state index contributed by atoms with van der Waals surface area (Å²) in [5.74, 6) is 1.30. The molecule has 1 aliphatic carbocycles. The molecule has 5 rings (SSSR count). The predicted octanol–water partition coefficient (Wildman–Crippen LogP) is 6.02. The molecule has 3 aliphatic rings. The average molecular weight is 554 g/mol. The first kappa shape index (κ1) is 27.8. The van der Waals surface area contributed by atoms with Gasteiger partial charge >= 0.3 is 0 Å². The summed E-state index contributed by atoms with van der Waals surface area (Å²) in [5.41, 5.74) is 0.236. The second-order valence-electron chi connectivity index (χ2n) is 11.2. The molecule has 0 bridgehead atoms. The zero-order valence-corrected chi connectivity index (χ0v) is 23.8. The molecule has 2 aromatic rings. The Hall–Kier alpha value is -2.77. The predicted molar refractivity (Wildman–Crippen MR) is 154 cm³/mol. The molecule has 0 aromatic heterocycles. The third kappa shape index (κ3) is 5.90. The van der Waals surface area contributed by atoms with Crippen LogP contribution in [0.2, 0.25) is 5.02 Å². The van der Waals surface area contributed by atoms with E-state index in [9.17, 15) is 9.59 Å². The highest BCUT2D eigenvalue weighted by molar-refractivity contribution is 6.30. The lowest BCUT2D eigenvalue weighted by Crippen LogP contribution is -2.61. The smallest absolute Gasteiger partial charge is 0.254 e. The number of hydrogen-bond acceptors (Lipinski definition) is 5. The van der Waals surface area contributed by atoms with Crippen molar-refractivity contribution in [3.8, 4) is 11.5 Å². The largest absolute Gasteiger partial charge is 0.497 e. The zero-order chi connectivity index (χ0) is 27.4. The Morgan fingerprint density at radius 1 is 0.949 bits per heavy atom. The molecule has 0 unspecified atom stereocenters. The molecule has 1 saturated carbocycles. The van der Waals surface area contributed by atoms with E-state index in [1.807, 2.05) is 4.90 Å². The first-order valence-electron chi connectivity index (χ1n) is 14.3. The van der Waals surface area contributed by atoms with E-state index < -0.39 is 5.54 Å². The summed E-state index contributed by atoms with van der Waals surface area (Å²) in [6.45, 7) is 2.85. The molecule has 39 heavy (non-hydrogen) atoms. The van der Waals surface area contributed by atoms with Crippen LogP contribution in [-0.2, 0) is 4.79 Å². The SMILES string of the molecule is COc1cc(NC(=O)C2(N(C[C@H]3CCCN4CCCC[C@H]34)C(=O)c3ccc(Cl)cc3)CCCC2)cc(OC)c1. The Balaban J connectivity index is 1.49. The third-order valence-electron chi connectivity index (χ3n) is 8.96. The van der Waals surface area contributed by atoms with Crippen molar-refractivity contribution in [1.29, 1.82) is 0 Å². The van der Waals surface area contributed by atoms with E-state index in [-0.39, 0.29) is 11.8 Å². The molecular formula is C31H40ClN3O4. The summed E-state index contributed by atoms with van der Waals surface area (Å²) in [5, 5.41) is 3.73. The van der Waals surface area contributed by atoms with Crippen molar-refractivity contribution in [2.75, 3.05) is 39.2 Å². The molecule has 2 aromatic carbocycles. The fourth-order valence-corrected chi connectivity index (χ4v) is 7.06. The van der Waals surface area contributed by atoms with Crippen LogP contribution in [0.5, 0.6) is 11.5 Å². The fourth-order valence-electron chi connectivity index (χ4n) is 6.93. The van der Waals surface area contributed by atoms with Crippen LogP contribution in [0.3, 0.4) is 0 Å². The molecule has 8 heteroatoms. The summed E-state index contributed by atoms with van der Waals surface area (Å²) in [4.78, 5) is 33.1. The van der Waals surface area contributed by atoms with Gasteiger partial charge in [-0.05, 0) is 81.8 Å². The topological polar surface area (TPSA) is 71.1 Å².